The Hall–Kier alpha value is -0.880. The van der Waals surface area contributed by atoms with Gasteiger partial charge in [0.25, 0.3) is 0 Å². The molecule has 1 saturated carbocycles. The van der Waals surface area contributed by atoms with E-state index in [1.165, 1.54) is 0 Å². The minimum atomic E-state index is -0.810. The Morgan fingerprint density at radius 1 is 1.75 bits per heavy atom. The SMILES string of the molecule is CCOCC1(C#N)CCCC1=O. The molecule has 0 spiro atoms. The summed E-state index contributed by atoms with van der Waals surface area (Å²) in [6.45, 7) is 2.71. The first-order valence-corrected chi connectivity index (χ1v) is 4.27. The average Bonchev–Trinajstić information content (AvgIpc) is 2.45. The Balaban J connectivity index is 2.63. The van der Waals surface area contributed by atoms with Gasteiger partial charge in [-0.1, -0.05) is 0 Å². The number of ether oxygens (including phenoxy) is 1. The topological polar surface area (TPSA) is 50.1 Å². The highest BCUT2D eigenvalue weighted by atomic mass is 16.5. The fourth-order valence-electron chi connectivity index (χ4n) is 1.51. The summed E-state index contributed by atoms with van der Waals surface area (Å²) in [6.07, 6.45) is 2.04. The summed E-state index contributed by atoms with van der Waals surface area (Å²) in [5.41, 5.74) is -0.810. The average molecular weight is 167 g/mol. The Morgan fingerprint density at radius 3 is 2.92 bits per heavy atom. The zero-order chi connectivity index (χ0) is 9.03. The Kier molecular flexibility index (Phi) is 2.83. The van der Waals surface area contributed by atoms with Gasteiger partial charge >= 0.3 is 0 Å². The number of hydrogen-bond donors (Lipinski definition) is 0. The molecule has 0 aromatic carbocycles. The van der Waals surface area contributed by atoms with Crippen LogP contribution in [0.2, 0.25) is 0 Å². The van der Waals surface area contributed by atoms with E-state index >= 15 is 0 Å². The van der Waals surface area contributed by atoms with Crippen molar-refractivity contribution in [1.29, 1.82) is 5.26 Å². The maximum absolute atomic E-state index is 11.3. The molecule has 0 bridgehead atoms. The molecule has 0 aliphatic heterocycles. The highest BCUT2D eigenvalue weighted by Crippen LogP contribution is 2.34. The number of rotatable bonds is 3. The van der Waals surface area contributed by atoms with Gasteiger partial charge in [0.1, 0.15) is 5.41 Å². The highest BCUT2D eigenvalue weighted by Gasteiger charge is 2.42. The Morgan fingerprint density at radius 2 is 2.50 bits per heavy atom. The molecule has 3 heteroatoms. The van der Waals surface area contributed by atoms with E-state index in [1.54, 1.807) is 0 Å². The van der Waals surface area contributed by atoms with Crippen molar-refractivity contribution in [2.75, 3.05) is 13.2 Å². The summed E-state index contributed by atoms with van der Waals surface area (Å²) in [4.78, 5) is 11.3. The third-order valence-corrected chi connectivity index (χ3v) is 2.31. The molecule has 1 aliphatic rings. The van der Waals surface area contributed by atoms with E-state index in [2.05, 4.69) is 6.07 Å². The van der Waals surface area contributed by atoms with Crippen LogP contribution in [0.1, 0.15) is 26.2 Å². The van der Waals surface area contributed by atoms with Gasteiger partial charge in [0.05, 0.1) is 12.7 Å². The van der Waals surface area contributed by atoms with Crippen molar-refractivity contribution >= 4 is 5.78 Å². The zero-order valence-corrected chi connectivity index (χ0v) is 7.30. The summed E-state index contributed by atoms with van der Waals surface area (Å²) in [6, 6.07) is 2.09. The number of carbonyl (C=O) groups is 1. The third kappa shape index (κ3) is 1.49. The molecular weight excluding hydrogens is 154 g/mol. The smallest absolute Gasteiger partial charge is 0.155 e. The van der Waals surface area contributed by atoms with Crippen LogP contribution in [0.5, 0.6) is 0 Å². The lowest BCUT2D eigenvalue weighted by Gasteiger charge is -2.17. The Labute approximate surface area is 72.3 Å². The minimum absolute atomic E-state index is 0.0541. The van der Waals surface area contributed by atoms with Gasteiger partial charge in [0.2, 0.25) is 0 Å². The van der Waals surface area contributed by atoms with Crippen molar-refractivity contribution in [1.82, 2.24) is 0 Å². The third-order valence-electron chi connectivity index (χ3n) is 2.31. The standard InChI is InChI=1S/C9H13NO2/c1-2-12-7-9(6-10)5-3-4-8(9)11/h2-5,7H2,1H3. The molecule has 0 radical (unpaired) electrons. The molecule has 1 aliphatic carbocycles. The molecule has 0 N–H and O–H groups in total. The normalized spacial score (nSPS) is 28.8. The van der Waals surface area contributed by atoms with E-state index in [-0.39, 0.29) is 12.4 Å². The quantitative estimate of drug-likeness (QED) is 0.636. The molecule has 1 fully saturated rings. The fourth-order valence-corrected chi connectivity index (χ4v) is 1.51. The molecule has 1 unspecified atom stereocenters. The molecule has 0 amide bonds. The maximum Gasteiger partial charge on any atom is 0.155 e. The van der Waals surface area contributed by atoms with E-state index < -0.39 is 5.41 Å². The van der Waals surface area contributed by atoms with Gasteiger partial charge in [-0.3, -0.25) is 4.79 Å². The lowest BCUT2D eigenvalue weighted by molar-refractivity contribution is -0.125. The van der Waals surface area contributed by atoms with Crippen LogP contribution in [0.15, 0.2) is 0 Å². The first-order valence-electron chi connectivity index (χ1n) is 4.27. The second kappa shape index (κ2) is 3.68. The lowest BCUT2D eigenvalue weighted by atomic mass is 9.88. The molecule has 0 heterocycles. The number of ketones is 1. The van der Waals surface area contributed by atoms with Gasteiger partial charge in [0, 0.05) is 13.0 Å². The number of Topliss-reactive ketones (excluding diaryl/α,β-unsaturated/α-hetero) is 1. The van der Waals surface area contributed by atoms with Gasteiger partial charge in [-0.05, 0) is 19.8 Å². The summed E-state index contributed by atoms with van der Waals surface area (Å²) in [5, 5.41) is 8.86. The molecule has 0 aromatic rings. The molecule has 0 saturated heterocycles. The van der Waals surface area contributed by atoms with E-state index in [4.69, 9.17) is 10.00 Å². The molecule has 0 aromatic heterocycles. The van der Waals surface area contributed by atoms with Crippen molar-refractivity contribution in [2.45, 2.75) is 26.2 Å². The number of carbonyl (C=O) groups excluding carboxylic acids is 1. The van der Waals surface area contributed by atoms with Crippen LogP contribution in [-0.2, 0) is 9.53 Å². The molecular formula is C9H13NO2. The van der Waals surface area contributed by atoms with Crippen LogP contribution >= 0.6 is 0 Å². The predicted octanol–water partition coefficient (Wildman–Crippen LogP) is 1.29. The summed E-state index contributed by atoms with van der Waals surface area (Å²) in [5.74, 6) is 0.0541. The van der Waals surface area contributed by atoms with E-state index in [1.807, 2.05) is 6.92 Å². The monoisotopic (exact) mass is 167 g/mol. The van der Waals surface area contributed by atoms with Crippen LogP contribution in [0.4, 0.5) is 0 Å². The van der Waals surface area contributed by atoms with Crippen molar-refractivity contribution < 1.29 is 9.53 Å². The van der Waals surface area contributed by atoms with Crippen molar-refractivity contribution in [3.05, 3.63) is 0 Å². The molecule has 1 rings (SSSR count). The summed E-state index contributed by atoms with van der Waals surface area (Å²) < 4.78 is 5.14. The number of hydrogen-bond acceptors (Lipinski definition) is 3. The second-order valence-electron chi connectivity index (χ2n) is 3.11. The van der Waals surface area contributed by atoms with Gasteiger partial charge in [-0.15, -0.1) is 0 Å². The fraction of sp³-hybridized carbons (Fsp3) is 0.778. The molecule has 12 heavy (non-hydrogen) atoms. The first-order chi connectivity index (χ1) is 5.75. The van der Waals surface area contributed by atoms with Crippen LogP contribution in [0.25, 0.3) is 0 Å². The summed E-state index contributed by atoms with van der Waals surface area (Å²) >= 11 is 0. The zero-order valence-electron chi connectivity index (χ0n) is 7.30. The van der Waals surface area contributed by atoms with Crippen molar-refractivity contribution in [3.63, 3.8) is 0 Å². The van der Waals surface area contributed by atoms with Gasteiger partial charge < -0.3 is 4.74 Å². The van der Waals surface area contributed by atoms with Gasteiger partial charge in [-0.25, -0.2) is 0 Å². The highest BCUT2D eigenvalue weighted by molar-refractivity contribution is 5.89. The largest absolute Gasteiger partial charge is 0.380 e. The number of nitriles is 1. The minimum Gasteiger partial charge on any atom is -0.380 e. The predicted molar refractivity (Wildman–Crippen MR) is 43.4 cm³/mol. The van der Waals surface area contributed by atoms with Crippen LogP contribution < -0.4 is 0 Å². The first kappa shape index (κ1) is 9.21. The van der Waals surface area contributed by atoms with Crippen molar-refractivity contribution in [3.8, 4) is 6.07 Å². The Bertz CT molecular complexity index is 219. The second-order valence-corrected chi connectivity index (χ2v) is 3.11. The van der Waals surface area contributed by atoms with Crippen molar-refractivity contribution in [2.24, 2.45) is 5.41 Å². The van der Waals surface area contributed by atoms with E-state index in [9.17, 15) is 4.79 Å². The molecule has 3 nitrogen and oxygen atoms in total. The van der Waals surface area contributed by atoms with E-state index in [0.717, 1.165) is 6.42 Å². The van der Waals surface area contributed by atoms with E-state index in [0.29, 0.717) is 19.4 Å². The van der Waals surface area contributed by atoms with Crippen LogP contribution in [0, 0.1) is 16.7 Å². The van der Waals surface area contributed by atoms with Gasteiger partial charge in [0.15, 0.2) is 5.78 Å². The number of nitrogens with zero attached hydrogens (tertiary/aromatic N) is 1. The summed E-state index contributed by atoms with van der Waals surface area (Å²) in [7, 11) is 0. The molecule has 1 atom stereocenters. The van der Waals surface area contributed by atoms with Gasteiger partial charge in [-0.2, -0.15) is 5.26 Å². The van der Waals surface area contributed by atoms with Crippen LogP contribution in [-0.4, -0.2) is 19.0 Å². The molecule has 66 valence electrons. The van der Waals surface area contributed by atoms with Crippen LogP contribution in [0.3, 0.4) is 0 Å². The maximum atomic E-state index is 11.3. The lowest BCUT2D eigenvalue weighted by Crippen LogP contribution is -2.29.